The molecule has 1 unspecified atom stereocenters. The molecule has 0 N–H and O–H groups in total. The third-order valence-corrected chi connectivity index (χ3v) is 2.92. The van der Waals surface area contributed by atoms with Crippen LogP contribution in [0, 0.1) is 12.8 Å². The summed E-state index contributed by atoms with van der Waals surface area (Å²) in [7, 11) is 0. The van der Waals surface area contributed by atoms with Crippen LogP contribution in [0.2, 0.25) is 5.15 Å². The van der Waals surface area contributed by atoms with Crippen molar-refractivity contribution in [3.05, 3.63) is 16.4 Å². The highest BCUT2D eigenvalue weighted by Crippen LogP contribution is 2.25. The van der Waals surface area contributed by atoms with E-state index in [1.165, 1.54) is 0 Å². The van der Waals surface area contributed by atoms with E-state index in [-0.39, 0.29) is 6.04 Å². The second-order valence-electron chi connectivity index (χ2n) is 3.84. The molecular formula is C10H15ClN2O. The van der Waals surface area contributed by atoms with Gasteiger partial charge in [-0.1, -0.05) is 25.4 Å². The molecule has 3 nitrogen and oxygen atoms in total. The van der Waals surface area contributed by atoms with E-state index in [1.54, 1.807) is 11.6 Å². The molecule has 14 heavy (non-hydrogen) atoms. The minimum Gasteiger partial charge on any atom is -0.298 e. The molecule has 0 aliphatic rings. The molecule has 1 aromatic rings. The first kappa shape index (κ1) is 11.2. The van der Waals surface area contributed by atoms with E-state index < -0.39 is 0 Å². The van der Waals surface area contributed by atoms with Gasteiger partial charge in [0.05, 0.1) is 17.3 Å². The summed E-state index contributed by atoms with van der Waals surface area (Å²) in [4.78, 5) is 10.7. The van der Waals surface area contributed by atoms with Gasteiger partial charge in [-0.15, -0.1) is 0 Å². The smallest absolute Gasteiger partial charge is 0.155 e. The fourth-order valence-corrected chi connectivity index (χ4v) is 1.59. The molecule has 1 aromatic heterocycles. The van der Waals surface area contributed by atoms with Gasteiger partial charge in [-0.05, 0) is 19.8 Å². The van der Waals surface area contributed by atoms with Crippen LogP contribution >= 0.6 is 11.6 Å². The maximum absolute atomic E-state index is 10.7. The van der Waals surface area contributed by atoms with E-state index in [9.17, 15) is 4.79 Å². The first-order chi connectivity index (χ1) is 6.49. The Bertz CT molecular complexity index is 344. The lowest BCUT2D eigenvalue weighted by atomic mass is 10.1. The van der Waals surface area contributed by atoms with Crippen LogP contribution in [-0.2, 0) is 0 Å². The number of rotatable bonds is 3. The summed E-state index contributed by atoms with van der Waals surface area (Å²) < 4.78 is 1.71. The molecule has 4 heteroatoms. The lowest BCUT2D eigenvalue weighted by molar-refractivity contribution is 0.112. The first-order valence-corrected chi connectivity index (χ1v) is 5.06. The Labute approximate surface area is 89.1 Å². The van der Waals surface area contributed by atoms with Gasteiger partial charge < -0.3 is 0 Å². The van der Waals surface area contributed by atoms with Crippen molar-refractivity contribution in [2.45, 2.75) is 33.7 Å². The highest BCUT2D eigenvalue weighted by Gasteiger charge is 2.18. The Kier molecular flexibility index (Phi) is 3.32. The standard InChI is InChI=1S/C10H15ClN2O/c1-6(2)8(4)13-10(11)9(5-14)7(3)12-13/h5-6,8H,1-4H3. The minimum atomic E-state index is 0.204. The summed E-state index contributed by atoms with van der Waals surface area (Å²) >= 11 is 6.04. The second-order valence-corrected chi connectivity index (χ2v) is 4.19. The molecule has 1 atom stereocenters. The summed E-state index contributed by atoms with van der Waals surface area (Å²) in [5.41, 5.74) is 1.19. The largest absolute Gasteiger partial charge is 0.298 e. The quantitative estimate of drug-likeness (QED) is 0.726. The number of carbonyl (C=O) groups is 1. The van der Waals surface area contributed by atoms with Gasteiger partial charge >= 0.3 is 0 Å². The van der Waals surface area contributed by atoms with Crippen molar-refractivity contribution in [2.75, 3.05) is 0 Å². The zero-order valence-corrected chi connectivity index (χ0v) is 9.67. The molecule has 0 saturated heterocycles. The molecule has 0 aromatic carbocycles. The molecule has 0 radical (unpaired) electrons. The van der Waals surface area contributed by atoms with Gasteiger partial charge in [0.15, 0.2) is 6.29 Å². The molecule has 0 fully saturated rings. The van der Waals surface area contributed by atoms with Crippen molar-refractivity contribution >= 4 is 17.9 Å². The van der Waals surface area contributed by atoms with Crippen molar-refractivity contribution < 1.29 is 4.79 Å². The normalized spacial score (nSPS) is 13.3. The molecule has 1 heterocycles. The van der Waals surface area contributed by atoms with Gasteiger partial charge in [-0.2, -0.15) is 5.10 Å². The van der Waals surface area contributed by atoms with Crippen LogP contribution in [0.3, 0.4) is 0 Å². The third-order valence-electron chi connectivity index (χ3n) is 2.54. The van der Waals surface area contributed by atoms with Gasteiger partial charge in [0.1, 0.15) is 5.15 Å². The Hall–Kier alpha value is -0.830. The SMILES string of the molecule is Cc1nn(C(C)C(C)C)c(Cl)c1C=O. The van der Waals surface area contributed by atoms with Crippen LogP contribution in [0.4, 0.5) is 0 Å². The Morgan fingerprint density at radius 2 is 2.00 bits per heavy atom. The van der Waals surface area contributed by atoms with Crippen LogP contribution in [0.1, 0.15) is 42.9 Å². The van der Waals surface area contributed by atoms with Crippen LogP contribution in [0.5, 0.6) is 0 Å². The van der Waals surface area contributed by atoms with E-state index in [0.29, 0.717) is 22.3 Å². The molecule has 0 saturated carbocycles. The van der Waals surface area contributed by atoms with Crippen LogP contribution in [0.25, 0.3) is 0 Å². The van der Waals surface area contributed by atoms with E-state index in [2.05, 4.69) is 18.9 Å². The van der Waals surface area contributed by atoms with E-state index in [1.807, 2.05) is 6.92 Å². The number of nitrogens with zero attached hydrogens (tertiary/aromatic N) is 2. The zero-order chi connectivity index (χ0) is 10.9. The summed E-state index contributed by atoms with van der Waals surface area (Å²) in [6, 6.07) is 0.204. The Balaban J connectivity index is 3.17. The predicted molar refractivity (Wildman–Crippen MR) is 56.9 cm³/mol. The predicted octanol–water partition coefficient (Wildman–Crippen LogP) is 2.87. The first-order valence-electron chi connectivity index (χ1n) is 4.68. The average molecular weight is 215 g/mol. The summed E-state index contributed by atoms with van der Waals surface area (Å²) in [6.45, 7) is 8.02. The third kappa shape index (κ3) is 1.82. The van der Waals surface area contributed by atoms with E-state index in [4.69, 9.17) is 11.6 Å². The van der Waals surface area contributed by atoms with Gasteiger partial charge in [0, 0.05) is 0 Å². The highest BCUT2D eigenvalue weighted by atomic mass is 35.5. The fourth-order valence-electron chi connectivity index (χ4n) is 1.22. The van der Waals surface area contributed by atoms with Crippen LogP contribution in [0.15, 0.2) is 0 Å². The fraction of sp³-hybridized carbons (Fsp3) is 0.600. The second kappa shape index (κ2) is 4.13. The molecular weight excluding hydrogens is 200 g/mol. The van der Waals surface area contributed by atoms with Crippen molar-refractivity contribution in [1.29, 1.82) is 0 Å². The number of halogens is 1. The van der Waals surface area contributed by atoms with E-state index >= 15 is 0 Å². The van der Waals surface area contributed by atoms with Gasteiger partial charge in [-0.3, -0.25) is 4.79 Å². The summed E-state index contributed by atoms with van der Waals surface area (Å²) in [6.07, 6.45) is 0.758. The highest BCUT2D eigenvalue weighted by molar-refractivity contribution is 6.32. The number of aldehydes is 1. The summed E-state index contributed by atoms with van der Waals surface area (Å²) in [5, 5.41) is 4.70. The van der Waals surface area contributed by atoms with Crippen molar-refractivity contribution in [2.24, 2.45) is 5.92 Å². The molecule has 0 bridgehead atoms. The van der Waals surface area contributed by atoms with Gasteiger partial charge in [-0.25, -0.2) is 4.68 Å². The monoisotopic (exact) mass is 214 g/mol. The molecule has 0 amide bonds. The van der Waals surface area contributed by atoms with E-state index in [0.717, 1.165) is 6.29 Å². The maximum atomic E-state index is 10.7. The average Bonchev–Trinajstić information content (AvgIpc) is 2.40. The van der Waals surface area contributed by atoms with Gasteiger partial charge in [0.25, 0.3) is 0 Å². The van der Waals surface area contributed by atoms with Crippen molar-refractivity contribution in [3.8, 4) is 0 Å². The molecule has 0 aliphatic heterocycles. The number of aryl methyl sites for hydroxylation is 1. The number of aromatic nitrogens is 2. The van der Waals surface area contributed by atoms with Crippen LogP contribution in [-0.4, -0.2) is 16.1 Å². The maximum Gasteiger partial charge on any atom is 0.155 e. The van der Waals surface area contributed by atoms with Crippen molar-refractivity contribution in [3.63, 3.8) is 0 Å². The van der Waals surface area contributed by atoms with Gasteiger partial charge in [0.2, 0.25) is 0 Å². The molecule has 78 valence electrons. The Morgan fingerprint density at radius 3 is 2.36 bits per heavy atom. The number of hydrogen-bond donors (Lipinski definition) is 0. The minimum absolute atomic E-state index is 0.204. The number of carbonyl (C=O) groups excluding carboxylic acids is 1. The lowest BCUT2D eigenvalue weighted by Gasteiger charge is -2.16. The Morgan fingerprint density at radius 1 is 1.43 bits per heavy atom. The lowest BCUT2D eigenvalue weighted by Crippen LogP contribution is -2.13. The van der Waals surface area contributed by atoms with Crippen molar-refractivity contribution in [1.82, 2.24) is 9.78 Å². The topological polar surface area (TPSA) is 34.9 Å². The molecule has 1 rings (SSSR count). The number of hydrogen-bond acceptors (Lipinski definition) is 2. The molecule has 0 spiro atoms. The van der Waals surface area contributed by atoms with Crippen LogP contribution < -0.4 is 0 Å². The summed E-state index contributed by atoms with van der Waals surface area (Å²) in [5.74, 6) is 0.436. The zero-order valence-electron chi connectivity index (χ0n) is 8.91. The molecule has 0 aliphatic carbocycles.